The van der Waals surface area contributed by atoms with Gasteiger partial charge in [0.2, 0.25) is 10.0 Å². The molecule has 176 valence electrons. The molecular formula is C23H27N3O5S2. The number of hydrogen-bond acceptors (Lipinski definition) is 6. The quantitative estimate of drug-likeness (QED) is 0.507. The molecule has 0 N–H and O–H groups in total. The van der Waals surface area contributed by atoms with Gasteiger partial charge in [0, 0.05) is 13.1 Å². The average molecular weight is 490 g/mol. The number of aromatic nitrogens is 1. The Morgan fingerprint density at radius 3 is 2.61 bits per heavy atom. The fraction of sp³-hybridized carbons (Fsp3) is 0.391. The molecule has 0 saturated carbocycles. The summed E-state index contributed by atoms with van der Waals surface area (Å²) in [6.07, 6.45) is 1.05. The van der Waals surface area contributed by atoms with Gasteiger partial charge in [-0.15, -0.1) is 0 Å². The van der Waals surface area contributed by atoms with E-state index in [0.717, 1.165) is 16.0 Å². The number of sulfonamides is 1. The average Bonchev–Trinajstić information content (AvgIpc) is 3.45. The van der Waals surface area contributed by atoms with Crippen molar-refractivity contribution in [3.63, 3.8) is 0 Å². The summed E-state index contributed by atoms with van der Waals surface area (Å²) in [6.45, 7) is 5.33. The number of methoxy groups -OCH3 is 1. The summed E-state index contributed by atoms with van der Waals surface area (Å²) in [7, 11) is -2.31. The second-order valence-electron chi connectivity index (χ2n) is 7.56. The summed E-state index contributed by atoms with van der Waals surface area (Å²) in [6, 6.07) is 11.1. The van der Waals surface area contributed by atoms with Gasteiger partial charge in [0.25, 0.3) is 5.91 Å². The minimum Gasteiger partial charge on any atom is -0.497 e. The van der Waals surface area contributed by atoms with Crippen molar-refractivity contribution in [2.24, 2.45) is 4.99 Å². The van der Waals surface area contributed by atoms with Crippen molar-refractivity contribution in [3.05, 3.63) is 47.3 Å². The molecule has 2 aromatic carbocycles. The minimum absolute atomic E-state index is 0.134. The van der Waals surface area contributed by atoms with Crippen LogP contribution in [-0.2, 0) is 21.4 Å². The molecule has 0 aliphatic carbocycles. The Hall–Kier alpha value is -2.69. The van der Waals surface area contributed by atoms with Crippen LogP contribution < -0.4 is 14.3 Å². The van der Waals surface area contributed by atoms with Crippen LogP contribution in [0.2, 0.25) is 0 Å². The van der Waals surface area contributed by atoms with Crippen LogP contribution in [0.25, 0.3) is 10.2 Å². The molecule has 2 heterocycles. The van der Waals surface area contributed by atoms with Crippen LogP contribution in [0.3, 0.4) is 0 Å². The second-order valence-corrected chi connectivity index (χ2v) is 10.5. The first-order valence-corrected chi connectivity index (χ1v) is 13.2. The first kappa shape index (κ1) is 23.5. The molecule has 1 amide bonds. The van der Waals surface area contributed by atoms with Gasteiger partial charge in [0.05, 0.1) is 23.3 Å². The number of rotatable bonds is 7. The molecule has 1 atom stereocenters. The van der Waals surface area contributed by atoms with E-state index >= 15 is 0 Å². The van der Waals surface area contributed by atoms with Crippen molar-refractivity contribution >= 4 is 37.5 Å². The number of carbonyl (C=O) groups is 1. The number of hydrogen-bond donors (Lipinski definition) is 0. The van der Waals surface area contributed by atoms with Crippen LogP contribution >= 0.6 is 11.3 Å². The number of aryl methyl sites for hydroxylation is 1. The smallest absolute Gasteiger partial charge is 0.266 e. The number of ether oxygens (including phenoxy) is 2. The largest absolute Gasteiger partial charge is 0.497 e. The molecule has 1 saturated heterocycles. The Morgan fingerprint density at radius 1 is 1.18 bits per heavy atom. The maximum Gasteiger partial charge on any atom is 0.266 e. The van der Waals surface area contributed by atoms with E-state index in [-0.39, 0.29) is 11.4 Å². The molecule has 3 aromatic rings. The van der Waals surface area contributed by atoms with Crippen molar-refractivity contribution in [3.8, 4) is 11.5 Å². The van der Waals surface area contributed by atoms with E-state index in [1.807, 2.05) is 36.6 Å². The standard InChI is InChI=1S/C23H27N3O5S2/c1-4-25-21-19(31-5-2)9-6-10-20(21)32-23(25)24-22(27)18-8-7-15-26(18)33(28,29)17-13-11-16(30-3)12-14-17/h6,9-14,18H,4-5,7-8,15H2,1-3H3. The summed E-state index contributed by atoms with van der Waals surface area (Å²) in [5.74, 6) is 0.862. The molecule has 4 rings (SSSR count). The lowest BCUT2D eigenvalue weighted by molar-refractivity contribution is -0.121. The van der Waals surface area contributed by atoms with Crippen LogP contribution in [0.5, 0.6) is 11.5 Å². The summed E-state index contributed by atoms with van der Waals surface area (Å²) in [5.41, 5.74) is 0.896. The van der Waals surface area contributed by atoms with Crippen LogP contribution in [0.4, 0.5) is 0 Å². The van der Waals surface area contributed by atoms with Gasteiger partial charge in [-0.05, 0) is 63.1 Å². The Balaban J connectivity index is 1.70. The molecule has 33 heavy (non-hydrogen) atoms. The Bertz CT molecular complexity index is 1330. The molecule has 1 aliphatic rings. The molecule has 1 aliphatic heterocycles. The van der Waals surface area contributed by atoms with Crippen LogP contribution in [0.15, 0.2) is 52.4 Å². The summed E-state index contributed by atoms with van der Waals surface area (Å²) in [5, 5.41) is 0. The van der Waals surface area contributed by atoms with Gasteiger partial charge >= 0.3 is 0 Å². The Labute approximate surface area is 197 Å². The highest BCUT2D eigenvalue weighted by atomic mass is 32.2. The molecular weight excluding hydrogens is 462 g/mol. The van der Waals surface area contributed by atoms with Gasteiger partial charge < -0.3 is 14.0 Å². The highest BCUT2D eigenvalue weighted by Crippen LogP contribution is 2.29. The lowest BCUT2D eigenvalue weighted by Crippen LogP contribution is -2.40. The van der Waals surface area contributed by atoms with E-state index in [9.17, 15) is 13.2 Å². The van der Waals surface area contributed by atoms with Crippen molar-refractivity contribution in [1.29, 1.82) is 0 Å². The maximum atomic E-state index is 13.3. The Kier molecular flexibility index (Phi) is 6.87. The first-order valence-electron chi connectivity index (χ1n) is 10.9. The summed E-state index contributed by atoms with van der Waals surface area (Å²) >= 11 is 1.40. The number of amides is 1. The highest BCUT2D eigenvalue weighted by Gasteiger charge is 2.39. The van der Waals surface area contributed by atoms with Gasteiger partial charge in [-0.2, -0.15) is 9.30 Å². The predicted octanol–water partition coefficient (Wildman–Crippen LogP) is 3.41. The molecule has 0 spiro atoms. The van der Waals surface area contributed by atoms with Crippen molar-refractivity contribution in [2.45, 2.75) is 44.2 Å². The lowest BCUT2D eigenvalue weighted by Gasteiger charge is -2.21. The lowest BCUT2D eigenvalue weighted by atomic mass is 10.2. The van der Waals surface area contributed by atoms with Crippen LogP contribution in [0.1, 0.15) is 26.7 Å². The third kappa shape index (κ3) is 4.42. The van der Waals surface area contributed by atoms with Gasteiger partial charge in [0.15, 0.2) is 4.80 Å². The zero-order chi connectivity index (χ0) is 23.6. The van der Waals surface area contributed by atoms with Crippen molar-refractivity contribution in [2.75, 3.05) is 20.3 Å². The molecule has 0 bridgehead atoms. The van der Waals surface area contributed by atoms with Crippen molar-refractivity contribution < 1.29 is 22.7 Å². The van der Waals surface area contributed by atoms with Gasteiger partial charge in [-0.3, -0.25) is 4.79 Å². The van der Waals surface area contributed by atoms with E-state index in [1.165, 1.54) is 34.9 Å². The molecule has 0 radical (unpaired) electrons. The van der Waals surface area contributed by atoms with E-state index < -0.39 is 22.0 Å². The maximum absolute atomic E-state index is 13.3. The fourth-order valence-corrected chi connectivity index (χ4v) is 6.84. The van der Waals surface area contributed by atoms with Crippen LogP contribution in [0, 0.1) is 0 Å². The number of para-hydroxylation sites is 1. The third-order valence-electron chi connectivity index (χ3n) is 5.64. The number of nitrogens with zero attached hydrogens (tertiary/aromatic N) is 3. The van der Waals surface area contributed by atoms with E-state index in [1.54, 1.807) is 12.1 Å². The number of benzene rings is 2. The normalized spacial score (nSPS) is 17.5. The number of thiazole rings is 1. The zero-order valence-corrected chi connectivity index (χ0v) is 20.5. The summed E-state index contributed by atoms with van der Waals surface area (Å²) in [4.78, 5) is 18.3. The second kappa shape index (κ2) is 9.66. The van der Waals surface area contributed by atoms with E-state index in [4.69, 9.17) is 9.47 Å². The summed E-state index contributed by atoms with van der Waals surface area (Å²) < 4.78 is 41.6. The first-order chi connectivity index (χ1) is 15.9. The molecule has 1 aromatic heterocycles. The minimum atomic E-state index is -3.83. The van der Waals surface area contributed by atoms with Gasteiger partial charge in [-0.1, -0.05) is 17.4 Å². The fourth-order valence-electron chi connectivity index (χ4n) is 4.07. The number of carbonyl (C=O) groups excluding carboxylic acids is 1. The van der Waals surface area contributed by atoms with Gasteiger partial charge in [0.1, 0.15) is 23.1 Å². The molecule has 1 fully saturated rings. The number of fused-ring (bicyclic) bond motifs is 1. The van der Waals surface area contributed by atoms with E-state index in [0.29, 0.717) is 36.5 Å². The van der Waals surface area contributed by atoms with E-state index in [2.05, 4.69) is 4.99 Å². The predicted molar refractivity (Wildman–Crippen MR) is 127 cm³/mol. The molecule has 10 heteroatoms. The topological polar surface area (TPSA) is 90.2 Å². The highest BCUT2D eigenvalue weighted by molar-refractivity contribution is 7.89. The Morgan fingerprint density at radius 2 is 1.94 bits per heavy atom. The third-order valence-corrected chi connectivity index (χ3v) is 8.61. The molecule has 8 nitrogen and oxygen atoms in total. The monoisotopic (exact) mass is 489 g/mol. The van der Waals surface area contributed by atoms with Gasteiger partial charge in [-0.25, -0.2) is 8.42 Å². The van der Waals surface area contributed by atoms with Crippen LogP contribution in [-0.4, -0.2) is 49.5 Å². The van der Waals surface area contributed by atoms with Crippen molar-refractivity contribution in [1.82, 2.24) is 8.87 Å². The molecule has 1 unspecified atom stereocenters. The SMILES string of the molecule is CCOc1cccc2sc(=NC(=O)C3CCCN3S(=O)(=O)c3ccc(OC)cc3)n(CC)c12. The zero-order valence-electron chi connectivity index (χ0n) is 18.9.